The predicted octanol–water partition coefficient (Wildman–Crippen LogP) is 6.28. The van der Waals surface area contributed by atoms with Crippen molar-refractivity contribution in [2.75, 3.05) is 0 Å². The topological polar surface area (TPSA) is 54.0 Å². The van der Waals surface area contributed by atoms with Crippen LogP contribution >= 0.6 is 0 Å². The molecular formula is C12F22O5. The van der Waals surface area contributed by atoms with E-state index in [1.807, 2.05) is 9.47 Å². The second-order valence-electron chi connectivity index (χ2n) is 6.62. The first-order valence-electron chi connectivity index (χ1n) is 7.99. The van der Waals surface area contributed by atoms with E-state index in [0.29, 0.717) is 0 Å². The van der Waals surface area contributed by atoms with E-state index in [1.54, 1.807) is 4.74 Å². The Hall–Kier alpha value is -2.19. The van der Waals surface area contributed by atoms with Crippen LogP contribution in [0.25, 0.3) is 0 Å². The van der Waals surface area contributed by atoms with Gasteiger partial charge in [-0.25, -0.2) is 4.79 Å². The Balaban J connectivity index is 3.73. The lowest BCUT2D eigenvalue weighted by atomic mass is 10.2. The second kappa shape index (κ2) is 8.65. The van der Waals surface area contributed by atoms with Gasteiger partial charge in [-0.2, -0.15) is 96.6 Å². The fraction of sp³-hybridized carbons (Fsp3) is 0.917. The molecule has 27 heteroatoms. The number of carbonyl (C=O) groups excluding carboxylic acids is 1. The number of alkyl halides is 22. The Morgan fingerprint density at radius 3 is 1.28 bits per heavy atom. The van der Waals surface area contributed by atoms with Crippen LogP contribution in [0.5, 0.6) is 0 Å². The Kier molecular flexibility index (Phi) is 7.73. The average Bonchev–Trinajstić information content (AvgIpc) is 2.87. The predicted molar refractivity (Wildman–Crippen MR) is 63.8 cm³/mol. The van der Waals surface area contributed by atoms with Crippen molar-refractivity contribution in [1.29, 1.82) is 0 Å². The third-order valence-electron chi connectivity index (χ3n) is 3.89. The maximum absolute atomic E-state index is 14.0. The summed E-state index contributed by atoms with van der Waals surface area (Å²) in [6, 6.07) is 0. The summed E-state index contributed by atoms with van der Waals surface area (Å²) < 4.78 is 291. The molecule has 0 N–H and O–H groups in total. The fourth-order valence-electron chi connectivity index (χ4n) is 2.02. The minimum Gasteiger partial charge on any atom is -0.392 e. The minimum atomic E-state index is -8.00. The van der Waals surface area contributed by atoms with E-state index in [-0.39, 0.29) is 0 Å². The number of esters is 1. The van der Waals surface area contributed by atoms with E-state index in [9.17, 15) is 101 Å². The summed E-state index contributed by atoms with van der Waals surface area (Å²) in [7, 11) is 0. The molecule has 0 radical (unpaired) electrons. The number of halogens is 22. The highest BCUT2D eigenvalue weighted by atomic mass is 19.4. The highest BCUT2D eigenvalue weighted by Crippen LogP contribution is 2.63. The highest BCUT2D eigenvalue weighted by Gasteiger charge is 2.94. The summed E-state index contributed by atoms with van der Waals surface area (Å²) in [6.07, 6.45) is -54.2. The lowest BCUT2D eigenvalue weighted by Crippen LogP contribution is -2.66. The van der Waals surface area contributed by atoms with E-state index < -0.39 is 72.4 Å². The van der Waals surface area contributed by atoms with Gasteiger partial charge in [-0.3, -0.25) is 14.2 Å². The Bertz CT molecular complexity index is 945. The molecule has 1 saturated heterocycles. The number of ether oxygens (including phenoxy) is 4. The van der Waals surface area contributed by atoms with Crippen molar-refractivity contribution in [3.63, 3.8) is 0 Å². The molecule has 0 spiro atoms. The molecule has 5 nitrogen and oxygen atoms in total. The van der Waals surface area contributed by atoms with Crippen molar-refractivity contribution >= 4 is 5.97 Å². The van der Waals surface area contributed by atoms with Crippen LogP contribution in [0.4, 0.5) is 96.6 Å². The van der Waals surface area contributed by atoms with E-state index in [2.05, 4.69) is 0 Å². The molecule has 1 fully saturated rings. The molecule has 0 aromatic heterocycles. The number of carbonyl (C=O) groups is 1. The minimum absolute atomic E-state index is 1.34. The lowest BCUT2D eigenvalue weighted by Gasteiger charge is -2.37. The zero-order valence-corrected chi connectivity index (χ0v) is 16.4. The van der Waals surface area contributed by atoms with Crippen molar-refractivity contribution in [3.8, 4) is 0 Å². The Labute approximate surface area is 194 Å². The zero-order chi connectivity index (χ0) is 31.9. The van der Waals surface area contributed by atoms with Crippen LogP contribution < -0.4 is 0 Å². The fourth-order valence-corrected chi connectivity index (χ4v) is 2.02. The molecule has 1 rings (SSSR count). The van der Waals surface area contributed by atoms with Crippen molar-refractivity contribution in [2.45, 2.75) is 66.5 Å². The molecule has 1 aliphatic heterocycles. The maximum Gasteiger partial charge on any atom is 0.466 e. The molecule has 0 amide bonds. The van der Waals surface area contributed by atoms with Gasteiger partial charge in [-0.05, 0) is 0 Å². The van der Waals surface area contributed by atoms with Crippen LogP contribution in [0.2, 0.25) is 0 Å². The van der Waals surface area contributed by atoms with Crippen molar-refractivity contribution < 1.29 is 120 Å². The summed E-state index contributed by atoms with van der Waals surface area (Å²) in [5.74, 6) is -35.9. The molecule has 0 saturated carbocycles. The van der Waals surface area contributed by atoms with Gasteiger partial charge in [-0.1, -0.05) is 0 Å². The van der Waals surface area contributed by atoms with Crippen molar-refractivity contribution in [3.05, 3.63) is 0 Å². The molecule has 39 heavy (non-hydrogen) atoms. The molecule has 232 valence electrons. The molecule has 3 unspecified atom stereocenters. The van der Waals surface area contributed by atoms with Crippen molar-refractivity contribution in [2.24, 2.45) is 0 Å². The number of rotatable bonds is 6. The smallest absolute Gasteiger partial charge is 0.392 e. The van der Waals surface area contributed by atoms with Gasteiger partial charge in [0.15, 0.2) is 0 Å². The number of hydrogen-bond donors (Lipinski definition) is 0. The van der Waals surface area contributed by atoms with E-state index >= 15 is 0 Å². The summed E-state index contributed by atoms with van der Waals surface area (Å²) in [5.41, 5.74) is 0. The van der Waals surface area contributed by atoms with Gasteiger partial charge in [0, 0.05) is 0 Å². The normalized spacial score (nSPS) is 27.3. The largest absolute Gasteiger partial charge is 0.466 e. The first-order chi connectivity index (χ1) is 16.5. The van der Waals surface area contributed by atoms with Crippen molar-refractivity contribution in [1.82, 2.24) is 0 Å². The second-order valence-corrected chi connectivity index (χ2v) is 6.62. The van der Waals surface area contributed by atoms with E-state index in [4.69, 9.17) is 0 Å². The third kappa shape index (κ3) is 5.08. The Morgan fingerprint density at radius 2 is 1.00 bits per heavy atom. The monoisotopic (exact) mass is 642 g/mol. The molecule has 0 aromatic carbocycles. The highest BCUT2D eigenvalue weighted by molar-refractivity contribution is 5.79. The van der Waals surface area contributed by atoms with Gasteiger partial charge in [0.1, 0.15) is 0 Å². The van der Waals surface area contributed by atoms with E-state index in [1.165, 1.54) is 4.74 Å². The van der Waals surface area contributed by atoms with Crippen LogP contribution in [0.1, 0.15) is 0 Å². The van der Waals surface area contributed by atoms with Gasteiger partial charge >= 0.3 is 72.4 Å². The SMILES string of the molecule is O=C(OC(F)(F)C1(C(F)(F)F)OC(F)(F)C(F)(C(F)(F)F)O1)C(F)(OC(F)(F)C(F)(F)C(F)(F)F)C(F)(F)F. The zero-order valence-electron chi connectivity index (χ0n) is 16.4. The first-order valence-corrected chi connectivity index (χ1v) is 7.99. The Morgan fingerprint density at radius 1 is 0.590 bits per heavy atom. The molecule has 0 aromatic rings. The van der Waals surface area contributed by atoms with Gasteiger partial charge in [0.2, 0.25) is 0 Å². The average molecular weight is 642 g/mol. The lowest BCUT2D eigenvalue weighted by molar-refractivity contribution is -0.496. The van der Waals surface area contributed by atoms with Crippen LogP contribution in [0.15, 0.2) is 0 Å². The van der Waals surface area contributed by atoms with Gasteiger partial charge in [0.05, 0.1) is 0 Å². The first kappa shape index (κ1) is 34.8. The molecule has 0 bridgehead atoms. The van der Waals surface area contributed by atoms with Gasteiger partial charge < -0.3 is 4.74 Å². The van der Waals surface area contributed by atoms with Crippen LogP contribution in [-0.2, 0) is 23.7 Å². The summed E-state index contributed by atoms with van der Waals surface area (Å²) in [6.45, 7) is 0. The summed E-state index contributed by atoms with van der Waals surface area (Å²) in [5, 5.41) is 0. The third-order valence-corrected chi connectivity index (χ3v) is 3.89. The van der Waals surface area contributed by atoms with Gasteiger partial charge in [-0.15, -0.1) is 0 Å². The summed E-state index contributed by atoms with van der Waals surface area (Å²) in [4.78, 5) is 11.2. The molecular weight excluding hydrogens is 642 g/mol. The quantitative estimate of drug-likeness (QED) is 0.252. The molecule has 0 aliphatic carbocycles. The van der Waals surface area contributed by atoms with Crippen LogP contribution in [0, 0.1) is 0 Å². The molecule has 1 heterocycles. The molecule has 3 atom stereocenters. The molecule has 1 aliphatic rings. The number of hydrogen-bond acceptors (Lipinski definition) is 5. The van der Waals surface area contributed by atoms with Crippen LogP contribution in [0.3, 0.4) is 0 Å². The van der Waals surface area contributed by atoms with E-state index in [0.717, 1.165) is 0 Å². The van der Waals surface area contributed by atoms with Crippen LogP contribution in [-0.4, -0.2) is 72.4 Å². The van der Waals surface area contributed by atoms with Gasteiger partial charge in [0.25, 0.3) is 0 Å². The maximum atomic E-state index is 14.0. The standard InChI is InChI=1S/C12F22O5/c13-2(6(17,18)19,37-10(29,30)3(14,15)7(20,21)22)1(35)36-12(33,34)5(9(26,27)28)38-4(16,8(23,24)25)11(31,32)39-5. The summed E-state index contributed by atoms with van der Waals surface area (Å²) >= 11 is 0.